The second-order valence-electron chi connectivity index (χ2n) is 2.15. The predicted molar refractivity (Wildman–Crippen MR) is 48.6 cm³/mol. The number of benzene rings is 1. The molecule has 0 bridgehead atoms. The molecule has 0 aromatic heterocycles. The van der Waals surface area contributed by atoms with Crippen LogP contribution in [0.15, 0.2) is 12.1 Å². The van der Waals surface area contributed by atoms with Crippen molar-refractivity contribution in [2.45, 2.75) is 6.92 Å². The first-order chi connectivity index (χ1) is 5.16. The van der Waals surface area contributed by atoms with Gasteiger partial charge in [0.2, 0.25) is 0 Å². The molecule has 0 heterocycles. The van der Waals surface area contributed by atoms with Crippen LogP contribution in [0.1, 0.15) is 11.1 Å². The lowest BCUT2D eigenvalue weighted by Crippen LogP contribution is -1.90. The Morgan fingerprint density at radius 3 is 2.73 bits per heavy atom. The Hall–Kier alpha value is -0.630. The molecule has 0 aliphatic rings. The molecule has 0 N–H and O–H groups in total. The maximum absolute atomic E-state index is 13.0. The van der Waals surface area contributed by atoms with Gasteiger partial charge in [0.25, 0.3) is 0 Å². The third kappa shape index (κ3) is 1.51. The van der Waals surface area contributed by atoms with Crippen molar-refractivity contribution >= 4 is 22.6 Å². The summed E-state index contributed by atoms with van der Waals surface area (Å²) in [6, 6.07) is 5.14. The topological polar surface area (TPSA) is 23.8 Å². The Morgan fingerprint density at radius 1 is 1.55 bits per heavy atom. The van der Waals surface area contributed by atoms with E-state index in [0.717, 1.165) is 0 Å². The molecule has 0 amide bonds. The molecule has 0 saturated heterocycles. The molecule has 0 unspecified atom stereocenters. The maximum atomic E-state index is 13.0. The molecule has 1 rings (SSSR count). The van der Waals surface area contributed by atoms with Gasteiger partial charge in [-0.2, -0.15) is 5.26 Å². The third-order valence-corrected chi connectivity index (χ3v) is 2.29. The number of halogens is 2. The van der Waals surface area contributed by atoms with E-state index in [2.05, 4.69) is 0 Å². The van der Waals surface area contributed by atoms with Crippen molar-refractivity contribution in [3.05, 3.63) is 32.6 Å². The number of nitrogens with zero attached hydrogens (tertiary/aromatic N) is 1. The van der Waals surface area contributed by atoms with Gasteiger partial charge in [-0.25, -0.2) is 4.39 Å². The Labute approximate surface area is 78.0 Å². The van der Waals surface area contributed by atoms with Crippen LogP contribution in [0, 0.1) is 27.6 Å². The molecule has 0 aliphatic carbocycles. The molecular weight excluding hydrogens is 256 g/mol. The highest BCUT2D eigenvalue weighted by molar-refractivity contribution is 14.1. The number of rotatable bonds is 0. The average Bonchev–Trinajstić information content (AvgIpc) is 2.01. The van der Waals surface area contributed by atoms with Gasteiger partial charge in [0, 0.05) is 9.13 Å². The largest absolute Gasteiger partial charge is 0.205 e. The Bertz CT molecular complexity index is 328. The van der Waals surface area contributed by atoms with Gasteiger partial charge in [-0.1, -0.05) is 0 Å². The predicted octanol–water partition coefficient (Wildman–Crippen LogP) is 2.61. The van der Waals surface area contributed by atoms with Crippen LogP contribution in [-0.4, -0.2) is 0 Å². The van der Waals surface area contributed by atoms with E-state index in [1.54, 1.807) is 19.1 Å². The molecule has 11 heavy (non-hydrogen) atoms. The zero-order chi connectivity index (χ0) is 8.43. The summed E-state index contributed by atoms with van der Waals surface area (Å²) in [7, 11) is 0. The summed E-state index contributed by atoms with van der Waals surface area (Å²) in [4.78, 5) is 0. The minimum atomic E-state index is -0.287. The summed E-state index contributed by atoms with van der Waals surface area (Å²) >= 11 is 1.90. The first kappa shape index (κ1) is 8.47. The quantitative estimate of drug-likeness (QED) is 0.658. The summed E-state index contributed by atoms with van der Waals surface area (Å²) in [6.45, 7) is 1.61. The van der Waals surface area contributed by atoms with Crippen molar-refractivity contribution in [2.24, 2.45) is 0 Å². The van der Waals surface area contributed by atoms with Crippen LogP contribution >= 0.6 is 22.6 Å². The number of hydrogen-bond donors (Lipinski definition) is 0. The second kappa shape index (κ2) is 3.18. The average molecular weight is 261 g/mol. The fraction of sp³-hybridized carbons (Fsp3) is 0.125. The van der Waals surface area contributed by atoms with Crippen LogP contribution in [0.4, 0.5) is 4.39 Å². The van der Waals surface area contributed by atoms with E-state index in [-0.39, 0.29) is 5.82 Å². The summed E-state index contributed by atoms with van der Waals surface area (Å²) in [5.41, 5.74) is 0.835. The smallest absolute Gasteiger partial charge is 0.140 e. The van der Waals surface area contributed by atoms with Crippen LogP contribution < -0.4 is 0 Å². The molecule has 1 aromatic carbocycles. The maximum Gasteiger partial charge on any atom is 0.140 e. The molecule has 1 aromatic rings. The molecule has 0 radical (unpaired) electrons. The molecule has 0 spiro atoms. The van der Waals surface area contributed by atoms with E-state index < -0.39 is 0 Å². The van der Waals surface area contributed by atoms with Crippen molar-refractivity contribution in [3.63, 3.8) is 0 Å². The van der Waals surface area contributed by atoms with E-state index in [9.17, 15) is 4.39 Å². The van der Waals surface area contributed by atoms with Gasteiger partial charge >= 0.3 is 0 Å². The van der Waals surface area contributed by atoms with Crippen LogP contribution in [0.2, 0.25) is 0 Å². The van der Waals surface area contributed by atoms with Gasteiger partial charge in [-0.05, 0) is 41.6 Å². The summed E-state index contributed by atoms with van der Waals surface area (Å²) in [5.74, 6) is -0.287. The molecular formula is C8H5FIN. The van der Waals surface area contributed by atoms with E-state index >= 15 is 0 Å². The Morgan fingerprint density at radius 2 is 2.18 bits per heavy atom. The van der Waals surface area contributed by atoms with Crippen LogP contribution in [0.5, 0.6) is 0 Å². The second-order valence-corrected chi connectivity index (χ2v) is 3.31. The van der Waals surface area contributed by atoms with Gasteiger partial charge in [-0.3, -0.25) is 0 Å². The summed E-state index contributed by atoms with van der Waals surface area (Å²) < 4.78 is 13.6. The monoisotopic (exact) mass is 261 g/mol. The molecule has 0 atom stereocenters. The Kier molecular flexibility index (Phi) is 2.45. The molecule has 1 nitrogen and oxygen atoms in total. The minimum Gasteiger partial charge on any atom is -0.205 e. The molecule has 56 valence electrons. The van der Waals surface area contributed by atoms with Gasteiger partial charge in [-0.15, -0.1) is 0 Å². The van der Waals surface area contributed by atoms with Crippen molar-refractivity contribution in [2.75, 3.05) is 0 Å². The molecule has 3 heteroatoms. The Balaban J connectivity index is 3.40. The first-order valence-electron chi connectivity index (χ1n) is 3.01. The zero-order valence-electron chi connectivity index (χ0n) is 5.86. The van der Waals surface area contributed by atoms with Crippen LogP contribution in [-0.2, 0) is 0 Å². The molecule has 0 saturated carbocycles. The first-order valence-corrected chi connectivity index (χ1v) is 4.09. The van der Waals surface area contributed by atoms with E-state index in [1.165, 1.54) is 0 Å². The van der Waals surface area contributed by atoms with Gasteiger partial charge < -0.3 is 0 Å². The van der Waals surface area contributed by atoms with Crippen molar-refractivity contribution < 1.29 is 4.39 Å². The lowest BCUT2D eigenvalue weighted by Gasteiger charge is -1.99. The summed E-state index contributed by atoms with van der Waals surface area (Å²) in [6.07, 6.45) is 0. The highest BCUT2D eigenvalue weighted by atomic mass is 127. The standard InChI is InChI=1S/C8H5FIN/c1-5-6(4-11)2-3-7(10)8(5)9/h2-3H,1H3. The van der Waals surface area contributed by atoms with Crippen molar-refractivity contribution in [3.8, 4) is 6.07 Å². The fourth-order valence-electron chi connectivity index (χ4n) is 0.773. The SMILES string of the molecule is Cc1c(C#N)ccc(I)c1F. The lowest BCUT2D eigenvalue weighted by molar-refractivity contribution is 0.610. The third-order valence-electron chi connectivity index (χ3n) is 1.46. The number of hydrogen-bond acceptors (Lipinski definition) is 1. The number of nitriles is 1. The fourth-order valence-corrected chi connectivity index (χ4v) is 1.36. The van der Waals surface area contributed by atoms with E-state index in [0.29, 0.717) is 14.7 Å². The van der Waals surface area contributed by atoms with Crippen molar-refractivity contribution in [1.29, 1.82) is 5.26 Å². The lowest BCUT2D eigenvalue weighted by atomic mass is 10.1. The van der Waals surface area contributed by atoms with Gasteiger partial charge in [0.1, 0.15) is 5.82 Å². The van der Waals surface area contributed by atoms with E-state index in [4.69, 9.17) is 5.26 Å². The molecule has 0 aliphatic heterocycles. The van der Waals surface area contributed by atoms with Crippen LogP contribution in [0.3, 0.4) is 0 Å². The molecule has 0 fully saturated rings. The highest BCUT2D eigenvalue weighted by Crippen LogP contribution is 2.17. The highest BCUT2D eigenvalue weighted by Gasteiger charge is 2.05. The zero-order valence-corrected chi connectivity index (χ0v) is 8.02. The van der Waals surface area contributed by atoms with E-state index in [1.807, 2.05) is 28.7 Å². The normalized spacial score (nSPS) is 9.27. The summed E-state index contributed by atoms with van der Waals surface area (Å²) in [5, 5.41) is 8.51. The van der Waals surface area contributed by atoms with Crippen molar-refractivity contribution in [1.82, 2.24) is 0 Å². The van der Waals surface area contributed by atoms with Gasteiger partial charge in [0.05, 0.1) is 11.6 Å². The van der Waals surface area contributed by atoms with Gasteiger partial charge in [0.15, 0.2) is 0 Å². The van der Waals surface area contributed by atoms with Crippen LogP contribution in [0.25, 0.3) is 0 Å². The minimum absolute atomic E-state index is 0.287.